The molecule has 0 aliphatic carbocycles. The van der Waals surface area contributed by atoms with Crippen molar-refractivity contribution in [1.82, 2.24) is 31.9 Å². The molecule has 0 bridgehead atoms. The van der Waals surface area contributed by atoms with Crippen molar-refractivity contribution in [2.45, 2.75) is 209 Å². The Balaban J connectivity index is 0.873. The summed E-state index contributed by atoms with van der Waals surface area (Å²) >= 11 is 1.90. The quantitative estimate of drug-likeness (QED) is 0.0138. The number of ether oxygens (including phenoxy) is 4. The van der Waals surface area contributed by atoms with Crippen LogP contribution in [0.4, 0.5) is 4.79 Å². The Labute approximate surface area is 414 Å². The molecule has 0 saturated carbocycles. The van der Waals surface area contributed by atoms with E-state index in [9.17, 15) is 33.9 Å². The highest BCUT2D eigenvalue weighted by Gasteiger charge is 2.61. The molecule has 5 heterocycles. The van der Waals surface area contributed by atoms with E-state index in [1.807, 2.05) is 44.7 Å². The van der Waals surface area contributed by atoms with Gasteiger partial charge in [0.25, 0.3) is 0 Å². The first-order valence-corrected chi connectivity index (χ1v) is 26.6. The number of aliphatic hydroxyl groups is 1. The molecule has 5 fully saturated rings. The highest BCUT2D eigenvalue weighted by Crippen LogP contribution is 2.47. The zero-order valence-corrected chi connectivity index (χ0v) is 42.8. The maximum absolute atomic E-state index is 12.7. The van der Waals surface area contributed by atoms with E-state index in [2.05, 4.69) is 44.9 Å². The number of allylic oxidation sites excluding steroid dienone is 2. The summed E-state index contributed by atoms with van der Waals surface area (Å²) in [6.45, 7) is 13.2. The van der Waals surface area contributed by atoms with Crippen LogP contribution in [0.3, 0.4) is 0 Å². The van der Waals surface area contributed by atoms with Crippen LogP contribution in [0.5, 0.6) is 0 Å². The lowest BCUT2D eigenvalue weighted by Crippen LogP contribution is -2.55. The molecule has 0 radical (unpaired) electrons. The molecule has 388 valence electrons. The number of carbonyl (C=O) groups is 6. The van der Waals surface area contributed by atoms with Crippen molar-refractivity contribution in [3.63, 3.8) is 0 Å². The zero-order valence-electron chi connectivity index (χ0n) is 41.9. The topological polar surface area (TPSA) is 235 Å². The molecular weight excluding hydrogens is 905 g/mol. The van der Waals surface area contributed by atoms with Gasteiger partial charge in [0.1, 0.15) is 23.9 Å². The normalized spacial score (nSPS) is 31.2. The molecule has 7 N–H and O–H groups in total. The molecule has 12 atom stereocenters. The van der Waals surface area contributed by atoms with Gasteiger partial charge < -0.3 is 56.0 Å². The monoisotopic (exact) mass is 987 g/mol. The van der Waals surface area contributed by atoms with Crippen molar-refractivity contribution in [2.75, 3.05) is 32.0 Å². The molecule has 5 aliphatic heterocycles. The van der Waals surface area contributed by atoms with Gasteiger partial charge in [0.05, 0.1) is 42.5 Å². The van der Waals surface area contributed by atoms with Crippen molar-refractivity contribution in [1.29, 1.82) is 0 Å². The first-order chi connectivity index (χ1) is 32.9. The van der Waals surface area contributed by atoms with Crippen LogP contribution in [-0.4, -0.2) is 138 Å². The molecular formula is C51H82N6O11S. The molecule has 0 aromatic heterocycles. The Kier molecular flexibility index (Phi) is 22.4. The zero-order chi connectivity index (χ0) is 50.0. The minimum absolute atomic E-state index is 0.0225. The fourth-order valence-electron chi connectivity index (χ4n) is 9.85. The van der Waals surface area contributed by atoms with Crippen LogP contribution in [0.1, 0.15) is 144 Å². The Morgan fingerprint density at radius 2 is 1.54 bits per heavy atom. The van der Waals surface area contributed by atoms with Crippen molar-refractivity contribution in [3.8, 4) is 0 Å². The number of unbranched alkanes of at least 4 members (excludes halogenated alkanes) is 5. The van der Waals surface area contributed by atoms with Crippen LogP contribution < -0.4 is 31.9 Å². The van der Waals surface area contributed by atoms with E-state index in [0.717, 1.165) is 75.5 Å². The van der Waals surface area contributed by atoms with Crippen molar-refractivity contribution >= 4 is 47.4 Å². The number of amides is 6. The second-order valence-corrected chi connectivity index (χ2v) is 21.5. The van der Waals surface area contributed by atoms with Crippen LogP contribution >= 0.6 is 11.8 Å². The third-order valence-electron chi connectivity index (χ3n) is 14.0. The molecule has 0 aromatic rings. The number of thioether (sulfide) groups is 1. The first kappa shape index (κ1) is 56.0. The third kappa shape index (κ3) is 18.9. The van der Waals surface area contributed by atoms with Crippen LogP contribution in [-0.2, 0) is 42.9 Å². The van der Waals surface area contributed by atoms with Crippen LogP contribution in [0.15, 0.2) is 36.0 Å². The van der Waals surface area contributed by atoms with Gasteiger partial charge in [-0.15, -0.1) is 0 Å². The summed E-state index contributed by atoms with van der Waals surface area (Å²) < 4.78 is 23.7. The molecule has 1 spiro atoms. The minimum atomic E-state index is -0.811. The predicted octanol–water partition coefficient (Wildman–Crippen LogP) is 4.95. The molecule has 18 heteroatoms. The smallest absolute Gasteiger partial charge is 0.315 e. The highest BCUT2D eigenvalue weighted by molar-refractivity contribution is 8.00. The van der Waals surface area contributed by atoms with Gasteiger partial charge >= 0.3 is 12.0 Å². The largest absolute Gasteiger partial charge is 0.459 e. The molecule has 5 rings (SSSR count). The van der Waals surface area contributed by atoms with E-state index in [0.29, 0.717) is 70.0 Å². The average Bonchev–Trinajstić information content (AvgIpc) is 3.81. The first-order valence-electron chi connectivity index (χ1n) is 25.6. The average molecular weight is 987 g/mol. The maximum Gasteiger partial charge on any atom is 0.315 e. The van der Waals surface area contributed by atoms with E-state index >= 15 is 0 Å². The summed E-state index contributed by atoms with van der Waals surface area (Å²) in [6, 6.07) is 0.220. The Bertz CT molecular complexity index is 1830. The SMILES string of the molecule is CC(=O)O[C@@H](C)/C=C\C(=O)N[C@@H]1C[C@H](C)[C@H](C/C=C(C)/C=C/[C@H]2O[C@](C)(CCNC(=O)CCCCCNC(=O)CCCCCNC(=O)CCCC[C@@H]3SC[C@@H]4NC(=O)N[C@@H]43)C[C@@]3(CO3)[C@@H]2O)O[C@@H]1C. The summed E-state index contributed by atoms with van der Waals surface area (Å²) in [7, 11) is 0. The minimum Gasteiger partial charge on any atom is -0.459 e. The maximum atomic E-state index is 12.7. The summed E-state index contributed by atoms with van der Waals surface area (Å²) in [4.78, 5) is 72.4. The molecule has 69 heavy (non-hydrogen) atoms. The van der Waals surface area contributed by atoms with Gasteiger partial charge in [0, 0.05) is 69.3 Å². The Hall–Kier alpha value is -3.97. The van der Waals surface area contributed by atoms with Gasteiger partial charge in [-0.25, -0.2) is 4.79 Å². The van der Waals surface area contributed by atoms with Gasteiger partial charge in [-0.05, 0) is 97.5 Å². The number of esters is 1. The second-order valence-electron chi connectivity index (χ2n) is 20.2. The Morgan fingerprint density at radius 1 is 0.899 bits per heavy atom. The van der Waals surface area contributed by atoms with E-state index < -0.39 is 35.5 Å². The third-order valence-corrected chi connectivity index (χ3v) is 15.5. The summed E-state index contributed by atoms with van der Waals surface area (Å²) in [5.41, 5.74) is -0.255. The highest BCUT2D eigenvalue weighted by atomic mass is 32.2. The fraction of sp³-hybridized carbons (Fsp3) is 0.765. The number of hydrogen-bond acceptors (Lipinski definition) is 12. The standard InChI is InChI=1S/C51H82N6O11S/c1-33(19-22-40-34(2)29-38(36(4)67-40)55-46(62)24-21-35(3)66-37(5)58)20-23-41-48(63)51(32-65-51)31-50(6,68-41)25-28-54-45(61)17-10-8-14-26-52-43(59)16-9-7-13-27-53-44(60)18-12-11-15-42-47-39(30-69-42)56-49(64)57-47/h19-21,23-24,34-36,38-42,47-48,63H,7-18,22,25-32H2,1-6H3,(H,52,59)(H,53,60)(H,54,61)(H,55,62)(H2,56,57,64)/b23-20+,24-21-,33-19+/t34-,35-,36+,38+,39-,40-,41+,42-,47-,48+,50+,51+/m0/s1. The van der Waals surface area contributed by atoms with E-state index in [1.165, 1.54) is 13.0 Å². The molecule has 5 aliphatic rings. The molecule has 0 aromatic carbocycles. The van der Waals surface area contributed by atoms with Gasteiger partial charge in [-0.3, -0.25) is 24.0 Å². The van der Waals surface area contributed by atoms with Crippen LogP contribution in [0.2, 0.25) is 0 Å². The van der Waals surface area contributed by atoms with E-state index in [1.54, 1.807) is 13.0 Å². The van der Waals surface area contributed by atoms with Crippen LogP contribution in [0.25, 0.3) is 0 Å². The number of hydrogen-bond donors (Lipinski definition) is 7. The van der Waals surface area contributed by atoms with E-state index in [-0.39, 0.29) is 65.9 Å². The molecule has 5 saturated heterocycles. The van der Waals surface area contributed by atoms with Crippen molar-refractivity contribution in [2.24, 2.45) is 5.92 Å². The van der Waals surface area contributed by atoms with Gasteiger partial charge in [0.2, 0.25) is 23.6 Å². The number of urea groups is 1. The predicted molar refractivity (Wildman–Crippen MR) is 265 cm³/mol. The van der Waals surface area contributed by atoms with E-state index in [4.69, 9.17) is 18.9 Å². The lowest BCUT2D eigenvalue weighted by Gasteiger charge is -2.44. The number of aliphatic hydroxyl groups excluding tert-OH is 1. The summed E-state index contributed by atoms with van der Waals surface area (Å²) in [5.74, 6) is 0.557. The number of rotatable bonds is 28. The Morgan fingerprint density at radius 3 is 2.17 bits per heavy atom. The number of fused-ring (bicyclic) bond motifs is 1. The van der Waals surface area contributed by atoms with Gasteiger partial charge in [-0.2, -0.15) is 11.8 Å². The van der Waals surface area contributed by atoms with Crippen molar-refractivity contribution in [3.05, 3.63) is 36.0 Å². The molecule has 0 unspecified atom stereocenters. The second kappa shape index (κ2) is 27.6. The van der Waals surface area contributed by atoms with Crippen molar-refractivity contribution < 1.29 is 52.8 Å². The summed E-state index contributed by atoms with van der Waals surface area (Å²) in [5, 5.41) is 29.6. The fourth-order valence-corrected chi connectivity index (χ4v) is 11.4. The lowest BCUT2D eigenvalue weighted by atomic mass is 9.80. The summed E-state index contributed by atoms with van der Waals surface area (Å²) in [6.07, 6.45) is 18.4. The van der Waals surface area contributed by atoms with Crippen LogP contribution in [0, 0.1) is 5.92 Å². The molecule has 6 amide bonds. The number of epoxide rings is 1. The van der Waals surface area contributed by atoms with Gasteiger partial charge in [0.15, 0.2) is 0 Å². The number of nitrogens with one attached hydrogen (secondary N) is 6. The van der Waals surface area contributed by atoms with Gasteiger partial charge in [-0.1, -0.05) is 50.0 Å². The number of carbonyl (C=O) groups excluding carboxylic acids is 6. The molecule has 17 nitrogen and oxygen atoms in total. The lowest BCUT2D eigenvalue weighted by molar-refractivity contribution is -0.181.